The summed E-state index contributed by atoms with van der Waals surface area (Å²) in [7, 11) is 3.70. The number of likely N-dealkylation sites (N-methyl/N-ethyl adjacent to an activating group) is 1. The fourth-order valence-corrected chi connectivity index (χ4v) is 4.66. The molecule has 2 fully saturated rings. The molecule has 25 heavy (non-hydrogen) atoms. The Balaban J connectivity index is 1.70. The van der Waals surface area contributed by atoms with Crippen LogP contribution in [0.4, 0.5) is 0 Å². The van der Waals surface area contributed by atoms with Crippen LogP contribution >= 0.6 is 11.8 Å². The zero-order chi connectivity index (χ0) is 18.1. The van der Waals surface area contributed by atoms with E-state index in [0.717, 1.165) is 57.9 Å². The fraction of sp³-hybridized carbons (Fsp3) is 0.889. The normalized spacial score (nSPS) is 24.5. The number of aliphatic imine (C=N–C) groups is 1. The highest BCUT2D eigenvalue weighted by molar-refractivity contribution is 8.00. The minimum atomic E-state index is 0.0799. The van der Waals surface area contributed by atoms with Crippen molar-refractivity contribution in [3.63, 3.8) is 0 Å². The molecule has 2 aliphatic heterocycles. The van der Waals surface area contributed by atoms with Gasteiger partial charge in [0.05, 0.1) is 12.6 Å². The van der Waals surface area contributed by atoms with Crippen LogP contribution in [0.25, 0.3) is 0 Å². The lowest BCUT2D eigenvalue weighted by atomic mass is 10.2. The van der Waals surface area contributed by atoms with E-state index < -0.39 is 0 Å². The molecular weight excluding hydrogens is 334 g/mol. The maximum Gasteiger partial charge on any atom is 0.239 e. The molecule has 0 radical (unpaired) electrons. The van der Waals surface area contributed by atoms with E-state index in [-0.39, 0.29) is 11.9 Å². The molecule has 144 valence electrons. The number of carbonyl (C=O) groups excluding carboxylic acids is 1. The molecule has 2 atom stereocenters. The molecule has 2 saturated heterocycles. The second-order valence-corrected chi connectivity index (χ2v) is 8.47. The zero-order valence-corrected chi connectivity index (χ0v) is 16.9. The number of likely N-dealkylation sites (tertiary alicyclic amines) is 1. The van der Waals surface area contributed by atoms with Crippen LogP contribution in [0.3, 0.4) is 0 Å². The molecule has 7 heteroatoms. The number of carbonyl (C=O) groups is 1. The summed E-state index contributed by atoms with van der Waals surface area (Å²) in [6, 6.07) is 0.0799. The third kappa shape index (κ3) is 6.70. The topological polar surface area (TPSA) is 60.0 Å². The van der Waals surface area contributed by atoms with Crippen molar-refractivity contribution in [3.8, 4) is 0 Å². The number of hydrogen-bond acceptors (Lipinski definition) is 4. The predicted molar refractivity (Wildman–Crippen MR) is 107 cm³/mol. The van der Waals surface area contributed by atoms with Gasteiger partial charge in [0, 0.05) is 39.0 Å². The van der Waals surface area contributed by atoms with Gasteiger partial charge in [0.15, 0.2) is 5.96 Å². The van der Waals surface area contributed by atoms with E-state index >= 15 is 0 Å². The van der Waals surface area contributed by atoms with Crippen LogP contribution in [0.2, 0.25) is 0 Å². The van der Waals surface area contributed by atoms with Gasteiger partial charge in [-0.1, -0.05) is 0 Å². The minimum absolute atomic E-state index is 0.0799. The molecule has 0 spiro atoms. The first-order valence-corrected chi connectivity index (χ1v) is 10.8. The van der Waals surface area contributed by atoms with Gasteiger partial charge in [-0.15, -0.1) is 0 Å². The molecule has 6 nitrogen and oxygen atoms in total. The zero-order valence-electron chi connectivity index (χ0n) is 16.1. The van der Waals surface area contributed by atoms with E-state index in [1.807, 2.05) is 25.9 Å². The molecule has 0 aromatic carbocycles. The summed E-state index contributed by atoms with van der Waals surface area (Å²) in [5.41, 5.74) is 0. The molecule has 0 aromatic rings. The van der Waals surface area contributed by atoms with Gasteiger partial charge >= 0.3 is 0 Å². The quantitative estimate of drug-likeness (QED) is 0.385. The van der Waals surface area contributed by atoms with Crippen LogP contribution in [-0.4, -0.2) is 85.5 Å². The number of amides is 1. The average Bonchev–Trinajstić information content (AvgIpc) is 3.27. The summed E-state index contributed by atoms with van der Waals surface area (Å²) in [6.07, 6.45) is 5.77. The van der Waals surface area contributed by atoms with E-state index in [2.05, 4.69) is 22.5 Å². The monoisotopic (exact) mass is 369 g/mol. The van der Waals surface area contributed by atoms with Crippen molar-refractivity contribution in [1.82, 2.24) is 20.4 Å². The summed E-state index contributed by atoms with van der Waals surface area (Å²) >= 11 is 2.05. The van der Waals surface area contributed by atoms with Crippen molar-refractivity contribution < 1.29 is 4.79 Å². The second kappa shape index (κ2) is 10.9. The van der Waals surface area contributed by atoms with Gasteiger partial charge in [-0.2, -0.15) is 11.8 Å². The Morgan fingerprint density at radius 1 is 1.28 bits per heavy atom. The Labute approximate surface area is 157 Å². The van der Waals surface area contributed by atoms with Gasteiger partial charge in [0.1, 0.15) is 0 Å². The van der Waals surface area contributed by atoms with Gasteiger partial charge in [-0.25, -0.2) is 0 Å². The standard InChI is InChI=1S/C18H35N5OS/c1-4-19-18(21-14-15-8-6-13-25-15)20-10-7-12-23-11-5-9-16(23)17(24)22(2)3/h15-16H,4-14H2,1-3H3,(H2,19,20,21). The van der Waals surface area contributed by atoms with E-state index in [1.54, 1.807) is 4.90 Å². The van der Waals surface area contributed by atoms with Crippen molar-refractivity contribution >= 4 is 23.6 Å². The highest BCUT2D eigenvalue weighted by Crippen LogP contribution is 2.26. The molecule has 0 aromatic heterocycles. The molecule has 2 rings (SSSR count). The highest BCUT2D eigenvalue weighted by atomic mass is 32.2. The summed E-state index contributed by atoms with van der Waals surface area (Å²) < 4.78 is 0. The number of guanidine groups is 1. The van der Waals surface area contributed by atoms with E-state index in [9.17, 15) is 4.79 Å². The first kappa shape index (κ1) is 20.4. The average molecular weight is 370 g/mol. The van der Waals surface area contributed by atoms with Crippen LogP contribution in [0.5, 0.6) is 0 Å². The lowest BCUT2D eigenvalue weighted by molar-refractivity contribution is -0.133. The molecule has 2 aliphatic rings. The van der Waals surface area contributed by atoms with Gasteiger partial charge in [-0.3, -0.25) is 14.7 Å². The van der Waals surface area contributed by atoms with Crippen LogP contribution < -0.4 is 10.6 Å². The molecule has 1 amide bonds. The number of thioether (sulfide) groups is 1. The molecule has 0 saturated carbocycles. The summed E-state index contributed by atoms with van der Waals surface area (Å²) in [5, 5.41) is 7.47. The molecule has 0 bridgehead atoms. The summed E-state index contributed by atoms with van der Waals surface area (Å²) in [5.74, 6) is 2.46. The number of hydrogen-bond donors (Lipinski definition) is 2. The molecular formula is C18H35N5OS. The first-order chi connectivity index (χ1) is 12.1. The molecule has 2 N–H and O–H groups in total. The Morgan fingerprint density at radius 2 is 2.12 bits per heavy atom. The third-order valence-corrected chi connectivity index (χ3v) is 6.21. The minimum Gasteiger partial charge on any atom is -0.357 e. The Bertz CT molecular complexity index is 437. The number of rotatable bonds is 8. The maximum atomic E-state index is 12.2. The van der Waals surface area contributed by atoms with Gasteiger partial charge in [-0.05, 0) is 51.3 Å². The third-order valence-electron chi connectivity index (χ3n) is 4.83. The van der Waals surface area contributed by atoms with E-state index in [0.29, 0.717) is 5.25 Å². The number of nitrogens with one attached hydrogen (secondary N) is 2. The number of nitrogens with zero attached hydrogens (tertiary/aromatic N) is 3. The molecule has 0 aliphatic carbocycles. The molecule has 2 unspecified atom stereocenters. The van der Waals surface area contributed by atoms with Crippen molar-refractivity contribution in [2.24, 2.45) is 4.99 Å². The largest absolute Gasteiger partial charge is 0.357 e. The van der Waals surface area contributed by atoms with Gasteiger partial charge in [0.2, 0.25) is 5.91 Å². The Hall–Kier alpha value is -0.950. The fourth-order valence-electron chi connectivity index (χ4n) is 3.48. The van der Waals surface area contributed by atoms with Gasteiger partial charge in [0.25, 0.3) is 0 Å². The summed E-state index contributed by atoms with van der Waals surface area (Å²) in [4.78, 5) is 21.0. The first-order valence-electron chi connectivity index (χ1n) is 9.70. The van der Waals surface area contributed by atoms with E-state index in [1.165, 1.54) is 18.6 Å². The maximum absolute atomic E-state index is 12.2. The lowest BCUT2D eigenvalue weighted by Gasteiger charge is -2.26. The van der Waals surface area contributed by atoms with Crippen molar-refractivity contribution in [1.29, 1.82) is 0 Å². The van der Waals surface area contributed by atoms with Crippen LogP contribution in [0.15, 0.2) is 4.99 Å². The predicted octanol–water partition coefficient (Wildman–Crippen LogP) is 1.38. The second-order valence-electron chi connectivity index (χ2n) is 7.06. The van der Waals surface area contributed by atoms with E-state index in [4.69, 9.17) is 4.99 Å². The van der Waals surface area contributed by atoms with Crippen LogP contribution in [0, 0.1) is 0 Å². The highest BCUT2D eigenvalue weighted by Gasteiger charge is 2.30. The van der Waals surface area contributed by atoms with Crippen LogP contribution in [-0.2, 0) is 4.79 Å². The van der Waals surface area contributed by atoms with Crippen molar-refractivity contribution in [2.75, 3.05) is 52.6 Å². The van der Waals surface area contributed by atoms with Crippen molar-refractivity contribution in [2.45, 2.75) is 50.3 Å². The van der Waals surface area contributed by atoms with Crippen LogP contribution in [0.1, 0.15) is 39.0 Å². The smallest absolute Gasteiger partial charge is 0.239 e. The Kier molecular flexibility index (Phi) is 8.89. The van der Waals surface area contributed by atoms with Gasteiger partial charge < -0.3 is 15.5 Å². The summed E-state index contributed by atoms with van der Waals surface area (Å²) in [6.45, 7) is 6.79. The Morgan fingerprint density at radius 3 is 2.80 bits per heavy atom. The lowest BCUT2D eigenvalue weighted by Crippen LogP contribution is -2.44. The molecule has 2 heterocycles. The SMILES string of the molecule is CCNC(=NCC1CCCS1)NCCCN1CCCC1C(=O)N(C)C. The van der Waals surface area contributed by atoms with Crippen molar-refractivity contribution in [3.05, 3.63) is 0 Å².